The first-order chi connectivity index (χ1) is 5.20. The first-order valence-electron chi connectivity index (χ1n) is 4.38. The molecule has 0 aromatic rings. The van der Waals surface area contributed by atoms with Gasteiger partial charge in [-0.2, -0.15) is 0 Å². The summed E-state index contributed by atoms with van der Waals surface area (Å²) in [7, 11) is 0. The molecule has 0 aromatic carbocycles. The van der Waals surface area contributed by atoms with Crippen LogP contribution in [-0.2, 0) is 4.74 Å². The third-order valence-corrected chi connectivity index (χ3v) is 2.50. The second-order valence-electron chi connectivity index (χ2n) is 3.19. The molecule has 0 saturated carbocycles. The molecule has 11 heavy (non-hydrogen) atoms. The largest absolute Gasteiger partial charge is 0.378 e. The van der Waals surface area contributed by atoms with Crippen molar-refractivity contribution in [1.29, 1.82) is 0 Å². The van der Waals surface area contributed by atoms with Crippen LogP contribution in [0.4, 0.5) is 0 Å². The van der Waals surface area contributed by atoms with Gasteiger partial charge in [-0.15, -0.1) is 0 Å². The van der Waals surface area contributed by atoms with E-state index in [1.165, 1.54) is 12.8 Å². The van der Waals surface area contributed by atoms with E-state index in [9.17, 15) is 0 Å². The molecular weight excluding hydrogens is 204 g/mol. The smallest absolute Gasteiger partial charge is 0.0519 e. The Kier molecular flexibility index (Phi) is 7.39. The van der Waals surface area contributed by atoms with E-state index in [1.807, 2.05) is 0 Å². The Hall–Kier alpha value is 0.440. The van der Waals surface area contributed by atoms with Crippen molar-refractivity contribution in [2.75, 3.05) is 11.9 Å². The zero-order valence-corrected chi connectivity index (χ0v) is 9.36. The van der Waals surface area contributed by atoms with Gasteiger partial charge in [-0.3, -0.25) is 0 Å². The molecule has 0 spiro atoms. The van der Waals surface area contributed by atoms with Crippen LogP contribution in [0.15, 0.2) is 0 Å². The Labute approximate surface area is 78.6 Å². The molecule has 2 heteroatoms. The summed E-state index contributed by atoms with van der Waals surface area (Å²) in [5.74, 6) is 0.697. The Morgan fingerprint density at radius 2 is 2.00 bits per heavy atom. The van der Waals surface area contributed by atoms with Crippen LogP contribution in [0.25, 0.3) is 0 Å². The molecule has 0 rings (SSSR count). The maximum Gasteiger partial charge on any atom is 0.0519 e. The average Bonchev–Trinajstić information content (AvgIpc) is 1.97. The van der Waals surface area contributed by atoms with Crippen molar-refractivity contribution in [2.45, 2.75) is 39.7 Å². The Morgan fingerprint density at radius 1 is 1.36 bits per heavy atom. The fourth-order valence-electron chi connectivity index (χ4n) is 0.942. The summed E-state index contributed by atoms with van der Waals surface area (Å²) in [6.45, 7) is 7.27. The van der Waals surface area contributed by atoms with Crippen LogP contribution in [0, 0.1) is 5.92 Å². The van der Waals surface area contributed by atoms with Gasteiger partial charge in [-0.25, -0.2) is 0 Å². The molecule has 0 fully saturated rings. The van der Waals surface area contributed by atoms with Crippen LogP contribution in [0.3, 0.4) is 0 Å². The van der Waals surface area contributed by atoms with E-state index in [1.54, 1.807) is 0 Å². The van der Waals surface area contributed by atoms with Crippen molar-refractivity contribution in [3.63, 3.8) is 0 Å². The number of halogens is 1. The first kappa shape index (κ1) is 11.4. The summed E-state index contributed by atoms with van der Waals surface area (Å²) >= 11 is 3.49. The van der Waals surface area contributed by atoms with Crippen LogP contribution >= 0.6 is 15.9 Å². The molecule has 1 unspecified atom stereocenters. The van der Waals surface area contributed by atoms with Crippen LogP contribution in [0.1, 0.15) is 33.6 Å². The van der Waals surface area contributed by atoms with Gasteiger partial charge >= 0.3 is 0 Å². The highest BCUT2D eigenvalue weighted by Gasteiger charge is 2.06. The lowest BCUT2D eigenvalue weighted by molar-refractivity contribution is 0.0546. The van der Waals surface area contributed by atoms with E-state index in [2.05, 4.69) is 36.7 Å². The highest BCUT2D eigenvalue weighted by atomic mass is 79.9. The summed E-state index contributed by atoms with van der Waals surface area (Å²) < 4.78 is 5.52. The lowest BCUT2D eigenvalue weighted by Crippen LogP contribution is -2.14. The number of alkyl halides is 1. The van der Waals surface area contributed by atoms with Gasteiger partial charge in [0.05, 0.1) is 12.7 Å². The van der Waals surface area contributed by atoms with E-state index in [0.29, 0.717) is 12.0 Å². The maximum absolute atomic E-state index is 5.52. The summed E-state index contributed by atoms with van der Waals surface area (Å²) in [6.07, 6.45) is 2.88. The molecule has 0 N–H and O–H groups in total. The average molecular weight is 223 g/mol. The maximum atomic E-state index is 5.52. The first-order valence-corrected chi connectivity index (χ1v) is 5.50. The SMILES string of the molecule is CCCC(CBr)COC(C)C. The molecule has 0 aliphatic carbocycles. The third kappa shape index (κ3) is 6.82. The summed E-state index contributed by atoms with van der Waals surface area (Å²) in [4.78, 5) is 0. The van der Waals surface area contributed by atoms with Crippen LogP contribution in [0.2, 0.25) is 0 Å². The minimum atomic E-state index is 0.369. The minimum absolute atomic E-state index is 0.369. The summed E-state index contributed by atoms with van der Waals surface area (Å²) in [5.41, 5.74) is 0. The van der Waals surface area contributed by atoms with Gasteiger partial charge in [-0.05, 0) is 26.2 Å². The van der Waals surface area contributed by atoms with E-state index < -0.39 is 0 Å². The normalized spacial score (nSPS) is 13.9. The van der Waals surface area contributed by atoms with Gasteiger partial charge in [0, 0.05) is 5.33 Å². The van der Waals surface area contributed by atoms with Crippen LogP contribution in [0.5, 0.6) is 0 Å². The predicted octanol–water partition coefficient (Wildman–Crippen LogP) is 3.22. The molecule has 0 aliphatic heterocycles. The van der Waals surface area contributed by atoms with E-state index >= 15 is 0 Å². The minimum Gasteiger partial charge on any atom is -0.378 e. The van der Waals surface area contributed by atoms with E-state index in [-0.39, 0.29) is 0 Å². The molecule has 0 saturated heterocycles. The molecule has 1 nitrogen and oxygen atoms in total. The molecule has 1 atom stereocenters. The van der Waals surface area contributed by atoms with Gasteiger partial charge in [0.2, 0.25) is 0 Å². The summed E-state index contributed by atoms with van der Waals surface area (Å²) in [6, 6.07) is 0. The molecule has 0 amide bonds. The zero-order chi connectivity index (χ0) is 8.69. The molecule has 0 heterocycles. The second-order valence-corrected chi connectivity index (χ2v) is 3.84. The molecule has 0 aromatic heterocycles. The number of hydrogen-bond donors (Lipinski definition) is 0. The van der Waals surface area contributed by atoms with Crippen molar-refractivity contribution in [1.82, 2.24) is 0 Å². The standard InChI is InChI=1S/C9H19BrO/c1-4-5-9(6-10)7-11-8(2)3/h8-9H,4-7H2,1-3H3. The van der Waals surface area contributed by atoms with Gasteiger partial charge in [0.15, 0.2) is 0 Å². The Balaban J connectivity index is 3.35. The Morgan fingerprint density at radius 3 is 2.36 bits per heavy atom. The van der Waals surface area contributed by atoms with Gasteiger partial charge in [0.1, 0.15) is 0 Å². The van der Waals surface area contributed by atoms with Gasteiger partial charge < -0.3 is 4.74 Å². The number of ether oxygens (including phenoxy) is 1. The van der Waals surface area contributed by atoms with Crippen molar-refractivity contribution in [2.24, 2.45) is 5.92 Å². The third-order valence-electron chi connectivity index (χ3n) is 1.58. The molecular formula is C9H19BrO. The predicted molar refractivity (Wildman–Crippen MR) is 53.3 cm³/mol. The highest BCUT2D eigenvalue weighted by Crippen LogP contribution is 2.10. The fourth-order valence-corrected chi connectivity index (χ4v) is 1.45. The molecule has 68 valence electrons. The van der Waals surface area contributed by atoms with E-state index in [0.717, 1.165) is 11.9 Å². The van der Waals surface area contributed by atoms with Crippen molar-refractivity contribution in [3.05, 3.63) is 0 Å². The van der Waals surface area contributed by atoms with Crippen molar-refractivity contribution in [3.8, 4) is 0 Å². The quantitative estimate of drug-likeness (QED) is 0.628. The molecule has 0 aliphatic rings. The van der Waals surface area contributed by atoms with Crippen molar-refractivity contribution < 1.29 is 4.74 Å². The van der Waals surface area contributed by atoms with Gasteiger partial charge in [-0.1, -0.05) is 29.3 Å². The zero-order valence-electron chi connectivity index (χ0n) is 7.77. The Bertz CT molecular complexity index is 83.6. The second kappa shape index (κ2) is 7.11. The van der Waals surface area contributed by atoms with E-state index in [4.69, 9.17) is 4.74 Å². The fraction of sp³-hybridized carbons (Fsp3) is 1.00. The van der Waals surface area contributed by atoms with Crippen LogP contribution < -0.4 is 0 Å². The highest BCUT2D eigenvalue weighted by molar-refractivity contribution is 9.09. The summed E-state index contributed by atoms with van der Waals surface area (Å²) in [5, 5.41) is 1.06. The molecule has 0 radical (unpaired) electrons. The number of hydrogen-bond acceptors (Lipinski definition) is 1. The lowest BCUT2D eigenvalue weighted by atomic mass is 10.1. The topological polar surface area (TPSA) is 9.23 Å². The number of rotatable bonds is 6. The molecule has 0 bridgehead atoms. The van der Waals surface area contributed by atoms with Crippen molar-refractivity contribution >= 4 is 15.9 Å². The van der Waals surface area contributed by atoms with Gasteiger partial charge in [0.25, 0.3) is 0 Å². The monoisotopic (exact) mass is 222 g/mol. The van der Waals surface area contributed by atoms with Crippen LogP contribution in [-0.4, -0.2) is 18.0 Å². The lowest BCUT2D eigenvalue weighted by Gasteiger charge is -2.14.